The van der Waals surface area contributed by atoms with Gasteiger partial charge in [-0.3, -0.25) is 4.79 Å². The Bertz CT molecular complexity index is 1260. The lowest BCUT2D eigenvalue weighted by molar-refractivity contribution is 0.0487. The quantitative estimate of drug-likeness (QED) is 0.462. The molecule has 1 N–H and O–H groups in total. The van der Waals surface area contributed by atoms with Gasteiger partial charge >= 0.3 is 0 Å². The molecule has 1 amide bonds. The fourth-order valence-corrected chi connectivity index (χ4v) is 4.48. The summed E-state index contributed by atoms with van der Waals surface area (Å²) < 4.78 is 36.0. The maximum absolute atomic E-state index is 13.5. The molecule has 34 heavy (non-hydrogen) atoms. The highest BCUT2D eigenvalue weighted by molar-refractivity contribution is 5.97. The third-order valence-electron chi connectivity index (χ3n) is 6.40. The fourth-order valence-electron chi connectivity index (χ4n) is 4.48. The molecule has 0 unspecified atom stereocenters. The largest absolute Gasteiger partial charge is 0.381 e. The van der Waals surface area contributed by atoms with Crippen molar-refractivity contribution in [3.63, 3.8) is 0 Å². The van der Waals surface area contributed by atoms with Gasteiger partial charge in [0.2, 0.25) is 0 Å². The number of carbonyl (C=O) groups excluding carboxylic acids is 1. The molecule has 0 aliphatic carbocycles. The first-order valence-electron chi connectivity index (χ1n) is 11.2. The lowest BCUT2D eigenvalue weighted by Crippen LogP contribution is -2.44. The van der Waals surface area contributed by atoms with E-state index >= 15 is 0 Å². The zero-order valence-electron chi connectivity index (χ0n) is 18.5. The van der Waals surface area contributed by atoms with Crippen LogP contribution < -0.4 is 5.32 Å². The summed E-state index contributed by atoms with van der Waals surface area (Å²) >= 11 is 0. The fraction of sp³-hybridized carbons (Fsp3) is 0.231. The monoisotopic (exact) mass is 462 g/mol. The van der Waals surface area contributed by atoms with Gasteiger partial charge in [-0.25, -0.2) is 13.5 Å². The van der Waals surface area contributed by atoms with Gasteiger partial charge in [-0.1, -0.05) is 12.1 Å². The van der Waals surface area contributed by atoms with Crippen LogP contribution in [0.1, 0.15) is 28.8 Å². The van der Waals surface area contributed by atoms with Crippen molar-refractivity contribution in [2.45, 2.75) is 18.3 Å². The zero-order valence-corrected chi connectivity index (χ0v) is 18.5. The summed E-state index contributed by atoms with van der Waals surface area (Å²) in [5, 5.41) is 7.51. The Morgan fingerprint density at radius 1 is 0.971 bits per heavy atom. The highest BCUT2D eigenvalue weighted by Gasteiger charge is 2.35. The number of carbonyl (C=O) groups is 1. The van der Waals surface area contributed by atoms with Crippen molar-refractivity contribution < 1.29 is 18.3 Å². The third-order valence-corrected chi connectivity index (χ3v) is 6.40. The van der Waals surface area contributed by atoms with E-state index in [1.54, 1.807) is 33.5 Å². The molecular weight excluding hydrogens is 438 g/mol. The molecule has 0 spiro atoms. The van der Waals surface area contributed by atoms with E-state index in [9.17, 15) is 13.6 Å². The number of benzene rings is 2. The molecule has 4 aromatic rings. The maximum Gasteiger partial charge on any atom is 0.256 e. The second kappa shape index (κ2) is 9.23. The first-order valence-corrected chi connectivity index (χ1v) is 11.2. The van der Waals surface area contributed by atoms with E-state index < -0.39 is 0 Å². The minimum absolute atomic E-state index is 0.273. The molecule has 2 aromatic carbocycles. The lowest BCUT2D eigenvalue weighted by atomic mass is 9.74. The Morgan fingerprint density at radius 2 is 1.59 bits per heavy atom. The van der Waals surface area contributed by atoms with Gasteiger partial charge in [0.05, 0.1) is 11.9 Å². The Labute approximate surface area is 195 Å². The Kier molecular flexibility index (Phi) is 5.98. The van der Waals surface area contributed by atoms with E-state index in [1.807, 2.05) is 24.5 Å². The number of hydrogen-bond donors (Lipinski definition) is 1. The summed E-state index contributed by atoms with van der Waals surface area (Å²) in [7, 11) is 0. The summed E-state index contributed by atoms with van der Waals surface area (Å²) in [6, 6.07) is 16.1. The summed E-state index contributed by atoms with van der Waals surface area (Å²) in [6.07, 6.45) is 6.61. The van der Waals surface area contributed by atoms with Crippen LogP contribution in [0.5, 0.6) is 0 Å². The Hall–Kier alpha value is -3.78. The molecule has 0 radical (unpaired) electrons. The van der Waals surface area contributed by atoms with Gasteiger partial charge in [-0.05, 0) is 66.9 Å². The van der Waals surface area contributed by atoms with Gasteiger partial charge in [0.25, 0.3) is 5.91 Å². The molecule has 1 saturated heterocycles. The second-order valence-corrected chi connectivity index (χ2v) is 8.44. The van der Waals surface area contributed by atoms with E-state index in [1.165, 1.54) is 30.5 Å². The maximum atomic E-state index is 13.5. The van der Waals surface area contributed by atoms with Crippen molar-refractivity contribution in [1.29, 1.82) is 0 Å². The van der Waals surface area contributed by atoms with E-state index in [2.05, 4.69) is 10.4 Å². The van der Waals surface area contributed by atoms with Gasteiger partial charge in [0, 0.05) is 37.6 Å². The first-order chi connectivity index (χ1) is 16.6. The van der Waals surface area contributed by atoms with E-state index in [4.69, 9.17) is 4.74 Å². The van der Waals surface area contributed by atoms with Crippen molar-refractivity contribution in [2.75, 3.05) is 19.8 Å². The molecule has 0 saturated carbocycles. The van der Waals surface area contributed by atoms with Gasteiger partial charge < -0.3 is 14.6 Å². The molecule has 0 bridgehead atoms. The normalized spacial score (nSPS) is 15.2. The summed E-state index contributed by atoms with van der Waals surface area (Å²) in [5.74, 6) is -0.361. The number of nitrogens with zero attached hydrogens (tertiary/aromatic N) is 3. The van der Waals surface area contributed by atoms with Crippen molar-refractivity contribution in [3.8, 4) is 11.5 Å². The minimum Gasteiger partial charge on any atom is -0.381 e. The lowest BCUT2D eigenvalue weighted by Gasteiger charge is -2.38. The molecule has 3 heterocycles. The number of hydrogen-bond acceptors (Lipinski definition) is 3. The number of aromatic nitrogens is 3. The molecule has 8 heteroatoms. The number of halogens is 2. The molecule has 2 aromatic heterocycles. The van der Waals surface area contributed by atoms with Crippen LogP contribution in [-0.4, -0.2) is 40.0 Å². The predicted octanol–water partition coefficient (Wildman–Crippen LogP) is 4.42. The number of ether oxygens (including phenoxy) is 1. The highest BCUT2D eigenvalue weighted by atomic mass is 19.1. The van der Waals surface area contributed by atoms with Crippen molar-refractivity contribution in [2.24, 2.45) is 0 Å². The van der Waals surface area contributed by atoms with E-state index in [-0.39, 0.29) is 23.0 Å². The standard InChI is InChI=1S/C26H24F2N4O2/c27-20-5-3-19(4-6-20)26(11-15-34-16-12-26)18-29-24(33)23-17-30-32(22-9-7-21(28)8-10-22)25(23)31-13-1-2-14-31/h1-10,13-14,17H,11-12,15-16,18H2,(H,29,33). The van der Waals surface area contributed by atoms with Gasteiger partial charge in [0.15, 0.2) is 5.82 Å². The first kappa shape index (κ1) is 22.0. The second-order valence-electron chi connectivity index (χ2n) is 8.44. The average Bonchev–Trinajstić information content (AvgIpc) is 3.54. The van der Waals surface area contributed by atoms with Gasteiger partial charge in [-0.15, -0.1) is 0 Å². The van der Waals surface area contributed by atoms with Crippen LogP contribution in [-0.2, 0) is 10.2 Å². The smallest absolute Gasteiger partial charge is 0.256 e. The summed E-state index contributed by atoms with van der Waals surface area (Å²) in [5.41, 5.74) is 1.66. The van der Waals surface area contributed by atoms with Gasteiger partial charge in [-0.2, -0.15) is 5.10 Å². The molecular formula is C26H24F2N4O2. The predicted molar refractivity (Wildman–Crippen MR) is 123 cm³/mol. The van der Waals surface area contributed by atoms with Crippen LogP contribution >= 0.6 is 0 Å². The SMILES string of the molecule is O=C(NCC1(c2ccc(F)cc2)CCOCC1)c1cnn(-c2ccc(F)cc2)c1-n1cccc1. The van der Waals surface area contributed by atoms with Crippen LogP contribution in [0.3, 0.4) is 0 Å². The van der Waals surface area contributed by atoms with Crippen LogP contribution in [0.4, 0.5) is 8.78 Å². The van der Waals surface area contributed by atoms with E-state index in [0.29, 0.717) is 36.8 Å². The number of rotatable bonds is 6. The molecule has 5 rings (SSSR count). The van der Waals surface area contributed by atoms with Crippen LogP contribution in [0, 0.1) is 11.6 Å². The minimum atomic E-state index is -0.348. The van der Waals surface area contributed by atoms with Crippen LogP contribution in [0.2, 0.25) is 0 Å². The van der Waals surface area contributed by atoms with Crippen molar-refractivity contribution in [1.82, 2.24) is 19.7 Å². The summed E-state index contributed by atoms with van der Waals surface area (Å²) in [4.78, 5) is 13.4. The van der Waals surface area contributed by atoms with Gasteiger partial charge in [0.1, 0.15) is 17.2 Å². The Morgan fingerprint density at radius 3 is 2.24 bits per heavy atom. The average molecular weight is 463 g/mol. The molecule has 1 fully saturated rings. The van der Waals surface area contributed by atoms with Crippen molar-refractivity contribution in [3.05, 3.63) is 102 Å². The molecule has 0 atom stereocenters. The molecule has 6 nitrogen and oxygen atoms in total. The van der Waals surface area contributed by atoms with Crippen LogP contribution in [0.25, 0.3) is 11.5 Å². The topological polar surface area (TPSA) is 61.1 Å². The zero-order chi connectivity index (χ0) is 23.5. The molecule has 1 aliphatic heterocycles. The van der Waals surface area contributed by atoms with Crippen molar-refractivity contribution >= 4 is 5.91 Å². The molecule has 1 aliphatic rings. The molecule has 174 valence electrons. The third kappa shape index (κ3) is 4.24. The van der Waals surface area contributed by atoms with Crippen LogP contribution in [0.15, 0.2) is 79.3 Å². The highest BCUT2D eigenvalue weighted by Crippen LogP contribution is 2.34. The van der Waals surface area contributed by atoms with E-state index in [0.717, 1.165) is 18.4 Å². The Balaban J connectivity index is 1.45. The number of nitrogens with one attached hydrogen (secondary N) is 1. The summed E-state index contributed by atoms with van der Waals surface area (Å²) in [6.45, 7) is 1.53. The number of amides is 1.